The molecule has 0 spiro atoms. The largest absolute Gasteiger partial charge is 0.444 e. The number of benzene rings is 1. The molecule has 5 unspecified atom stereocenters. The number of hydrogen-bond acceptors (Lipinski definition) is 5. The normalized spacial score (nSPS) is 19.2. The Bertz CT molecular complexity index is 983. The van der Waals surface area contributed by atoms with Crippen molar-refractivity contribution in [2.75, 3.05) is 0 Å². The topological polar surface area (TPSA) is 131 Å². The number of carbonyl (C=O) groups excluding carboxylic acids is 4. The van der Waals surface area contributed by atoms with Crippen LogP contribution in [0.4, 0.5) is 4.79 Å². The summed E-state index contributed by atoms with van der Waals surface area (Å²) in [6.45, 7) is 14.9. The molecule has 2 rings (SSSR count). The molecule has 9 nitrogen and oxygen atoms in total. The third kappa shape index (κ3) is 8.47. The number of carbonyl (C=O) groups is 4. The van der Waals surface area contributed by atoms with Crippen molar-refractivity contribution in [1.82, 2.24) is 15.5 Å². The first-order chi connectivity index (χ1) is 17.2. The van der Waals surface area contributed by atoms with Gasteiger partial charge in [0.1, 0.15) is 17.7 Å². The number of alkyl carbamates (subject to hydrolysis) is 1. The monoisotopic (exact) mass is 516 g/mol. The summed E-state index contributed by atoms with van der Waals surface area (Å²) in [4.78, 5) is 54.1. The van der Waals surface area contributed by atoms with E-state index in [0.29, 0.717) is 6.42 Å². The smallest absolute Gasteiger partial charge is 0.408 e. The fraction of sp³-hybridized carbons (Fsp3) is 0.643. The number of nitrogens with one attached hydrogen (secondary N) is 2. The second-order valence-electron chi connectivity index (χ2n) is 11.3. The summed E-state index contributed by atoms with van der Waals surface area (Å²) in [5, 5.41) is 5.62. The molecule has 0 heterocycles. The van der Waals surface area contributed by atoms with E-state index in [0.717, 1.165) is 29.5 Å². The molecule has 0 saturated heterocycles. The lowest BCUT2D eigenvalue weighted by molar-refractivity contribution is -0.144. The summed E-state index contributed by atoms with van der Waals surface area (Å²) in [6.07, 6.45) is 1.16. The van der Waals surface area contributed by atoms with Gasteiger partial charge in [-0.25, -0.2) is 4.79 Å². The molecule has 1 aromatic rings. The van der Waals surface area contributed by atoms with Crippen LogP contribution in [0.3, 0.4) is 0 Å². The van der Waals surface area contributed by atoms with E-state index >= 15 is 0 Å². The highest BCUT2D eigenvalue weighted by Crippen LogP contribution is 2.42. The van der Waals surface area contributed by atoms with E-state index in [-0.39, 0.29) is 23.9 Å². The minimum atomic E-state index is -1.27. The van der Waals surface area contributed by atoms with Crippen molar-refractivity contribution in [3.05, 3.63) is 34.9 Å². The molecular formula is C28H44N4O5. The number of amides is 4. The van der Waals surface area contributed by atoms with Crippen molar-refractivity contribution in [1.29, 1.82) is 0 Å². The highest BCUT2D eigenvalue weighted by Gasteiger charge is 2.49. The maximum Gasteiger partial charge on any atom is 0.408 e. The molecule has 37 heavy (non-hydrogen) atoms. The van der Waals surface area contributed by atoms with Crippen molar-refractivity contribution in [2.24, 2.45) is 11.7 Å². The molecule has 0 bridgehead atoms. The van der Waals surface area contributed by atoms with Crippen molar-refractivity contribution in [2.45, 2.75) is 111 Å². The van der Waals surface area contributed by atoms with Gasteiger partial charge >= 0.3 is 6.09 Å². The van der Waals surface area contributed by atoms with Crippen LogP contribution in [0.1, 0.15) is 90.0 Å². The molecule has 0 aliphatic heterocycles. The number of nitrogens with two attached hydrogens (primary N) is 1. The van der Waals surface area contributed by atoms with E-state index < -0.39 is 42.0 Å². The van der Waals surface area contributed by atoms with Crippen LogP contribution in [0.5, 0.6) is 0 Å². The van der Waals surface area contributed by atoms with Crippen molar-refractivity contribution in [3.63, 3.8) is 0 Å². The Morgan fingerprint density at radius 1 is 1.14 bits per heavy atom. The lowest BCUT2D eigenvalue weighted by Crippen LogP contribution is -2.55. The Balaban J connectivity index is 2.57. The molecule has 0 aromatic heterocycles. The molecule has 1 aliphatic carbocycles. The van der Waals surface area contributed by atoms with Crippen molar-refractivity contribution >= 4 is 23.8 Å². The molecule has 1 saturated carbocycles. The summed E-state index contributed by atoms with van der Waals surface area (Å²) < 4.78 is 5.34. The first-order valence-corrected chi connectivity index (χ1v) is 13.1. The lowest BCUT2D eigenvalue weighted by atomic mass is 9.93. The third-order valence-corrected chi connectivity index (χ3v) is 6.53. The van der Waals surface area contributed by atoms with Gasteiger partial charge in [-0.1, -0.05) is 38.5 Å². The number of primary amides is 1. The van der Waals surface area contributed by atoms with Gasteiger partial charge in [0.05, 0.1) is 6.42 Å². The minimum absolute atomic E-state index is 0.0841. The number of rotatable bonds is 11. The average Bonchev–Trinajstić information content (AvgIpc) is 3.46. The van der Waals surface area contributed by atoms with Crippen molar-refractivity contribution < 1.29 is 23.9 Å². The molecule has 9 heteroatoms. The maximum atomic E-state index is 14.1. The predicted octanol–water partition coefficient (Wildman–Crippen LogP) is 3.66. The second kappa shape index (κ2) is 12.4. The quantitative estimate of drug-likeness (QED) is 0.413. The predicted molar refractivity (Wildman–Crippen MR) is 143 cm³/mol. The molecule has 1 fully saturated rings. The summed E-state index contributed by atoms with van der Waals surface area (Å²) >= 11 is 0. The zero-order valence-corrected chi connectivity index (χ0v) is 23.5. The van der Waals surface area contributed by atoms with E-state index in [9.17, 15) is 19.2 Å². The summed E-state index contributed by atoms with van der Waals surface area (Å²) in [5.74, 6) is -1.42. The van der Waals surface area contributed by atoms with Crippen LogP contribution >= 0.6 is 0 Å². The van der Waals surface area contributed by atoms with Crippen LogP contribution in [-0.4, -0.2) is 52.4 Å². The van der Waals surface area contributed by atoms with Crippen LogP contribution in [-0.2, 0) is 19.1 Å². The Morgan fingerprint density at radius 3 is 2.16 bits per heavy atom. The molecule has 4 amide bonds. The number of hydrogen-bond donors (Lipinski definition) is 3. The highest BCUT2D eigenvalue weighted by molar-refractivity contribution is 5.95. The van der Waals surface area contributed by atoms with E-state index in [1.165, 1.54) is 0 Å². The van der Waals surface area contributed by atoms with Gasteiger partial charge < -0.3 is 26.0 Å². The minimum Gasteiger partial charge on any atom is -0.444 e. The molecule has 1 aromatic carbocycles. The maximum absolute atomic E-state index is 14.1. The fourth-order valence-corrected chi connectivity index (χ4v) is 4.69. The number of ether oxygens (including phenoxy) is 1. The third-order valence-electron chi connectivity index (χ3n) is 6.53. The van der Waals surface area contributed by atoms with Gasteiger partial charge in [-0.3, -0.25) is 14.4 Å². The molecule has 5 atom stereocenters. The lowest BCUT2D eigenvalue weighted by Gasteiger charge is -2.36. The fourth-order valence-electron chi connectivity index (χ4n) is 4.69. The van der Waals surface area contributed by atoms with E-state index in [1.807, 2.05) is 52.8 Å². The van der Waals surface area contributed by atoms with E-state index in [2.05, 4.69) is 10.6 Å². The van der Waals surface area contributed by atoms with Gasteiger partial charge in [0.15, 0.2) is 0 Å². The molecule has 206 valence electrons. The van der Waals surface area contributed by atoms with Crippen LogP contribution in [0.25, 0.3) is 0 Å². The Labute approximate surface area is 220 Å². The number of nitrogens with zero attached hydrogens (tertiary/aromatic N) is 1. The Morgan fingerprint density at radius 2 is 1.70 bits per heavy atom. The zero-order chi connectivity index (χ0) is 28.1. The summed E-state index contributed by atoms with van der Waals surface area (Å²) in [5.41, 5.74) is 7.16. The first-order valence-electron chi connectivity index (χ1n) is 13.1. The summed E-state index contributed by atoms with van der Waals surface area (Å²) in [7, 11) is 0. The molecule has 1 aliphatic rings. The summed E-state index contributed by atoms with van der Waals surface area (Å²) in [6, 6.07) is 3.23. The number of aryl methyl sites for hydroxylation is 2. The highest BCUT2D eigenvalue weighted by atomic mass is 16.6. The average molecular weight is 517 g/mol. The van der Waals surface area contributed by atoms with Gasteiger partial charge in [0.2, 0.25) is 17.7 Å². The van der Waals surface area contributed by atoms with Gasteiger partial charge in [0.25, 0.3) is 0 Å². The van der Waals surface area contributed by atoms with Gasteiger partial charge in [-0.05, 0) is 77.0 Å². The SMILES string of the molecule is CCCC(C)NC(=O)C(c1c(C)cccc1C)N(C(=O)C(CC(N)=O)NC(=O)OC(C)(C)C)C1CC1C. The van der Waals surface area contributed by atoms with E-state index in [1.54, 1.807) is 25.7 Å². The van der Waals surface area contributed by atoms with Crippen LogP contribution in [0.15, 0.2) is 18.2 Å². The van der Waals surface area contributed by atoms with Crippen molar-refractivity contribution in [3.8, 4) is 0 Å². The zero-order valence-electron chi connectivity index (χ0n) is 23.5. The van der Waals surface area contributed by atoms with Gasteiger partial charge in [-0.2, -0.15) is 0 Å². The van der Waals surface area contributed by atoms with Gasteiger partial charge in [0, 0.05) is 12.1 Å². The molecule has 4 N–H and O–H groups in total. The standard InChI is InChI=1S/C28H44N4O5/c1-9-11-19(5)30-25(34)24(23-16(2)12-10-13-17(23)3)32(21-14-18(21)4)26(35)20(15-22(29)33)31-27(36)37-28(6,7)8/h10,12-13,18-21,24H,9,11,14-15H2,1-8H3,(H2,29,33)(H,30,34)(H,31,36). The van der Waals surface area contributed by atoms with Gasteiger partial charge in [-0.15, -0.1) is 0 Å². The molecule has 0 radical (unpaired) electrons. The Hall–Kier alpha value is -3.10. The second-order valence-corrected chi connectivity index (χ2v) is 11.3. The van der Waals surface area contributed by atoms with Crippen LogP contribution in [0, 0.1) is 19.8 Å². The Kier molecular flexibility index (Phi) is 10.1. The molecular weight excluding hydrogens is 472 g/mol. The van der Waals surface area contributed by atoms with Crippen LogP contribution in [0.2, 0.25) is 0 Å². The van der Waals surface area contributed by atoms with E-state index in [4.69, 9.17) is 10.5 Å². The first kappa shape index (κ1) is 30.1. The van der Waals surface area contributed by atoms with Crippen LogP contribution < -0.4 is 16.4 Å².